The lowest BCUT2D eigenvalue weighted by Crippen LogP contribution is -2.29. The van der Waals surface area contributed by atoms with Crippen molar-refractivity contribution in [3.8, 4) is 17.2 Å². The molecule has 0 unspecified atom stereocenters. The number of benzene rings is 4. The number of hydrogen-bond acceptors (Lipinski definition) is 5. The van der Waals surface area contributed by atoms with E-state index in [2.05, 4.69) is 5.32 Å². The van der Waals surface area contributed by atoms with Crippen LogP contribution in [0, 0.1) is 0 Å². The number of ether oxygens (including phenoxy) is 2. The van der Waals surface area contributed by atoms with Crippen molar-refractivity contribution in [2.24, 2.45) is 0 Å². The SMILES string of the molecule is O=C(COc1ccccc1)Nc1cccc(Oc2ccc3c(c2)C(=O)N(c2ccccc2)C3=O)c1. The van der Waals surface area contributed by atoms with E-state index in [4.69, 9.17) is 9.47 Å². The van der Waals surface area contributed by atoms with Crippen LogP contribution in [0.4, 0.5) is 11.4 Å². The highest BCUT2D eigenvalue weighted by molar-refractivity contribution is 6.34. The Hall–Kier alpha value is -4.91. The molecule has 3 amide bonds. The van der Waals surface area contributed by atoms with E-state index < -0.39 is 5.91 Å². The van der Waals surface area contributed by atoms with Crippen molar-refractivity contribution in [3.05, 3.63) is 114 Å². The molecule has 1 aliphatic rings. The molecule has 0 bridgehead atoms. The number of fused-ring (bicyclic) bond motifs is 1. The molecule has 7 nitrogen and oxygen atoms in total. The highest BCUT2D eigenvalue weighted by atomic mass is 16.5. The van der Waals surface area contributed by atoms with Gasteiger partial charge in [-0.2, -0.15) is 0 Å². The van der Waals surface area contributed by atoms with Crippen LogP contribution in [0.25, 0.3) is 0 Å². The number of anilines is 2. The first-order valence-corrected chi connectivity index (χ1v) is 10.9. The molecule has 7 heteroatoms. The van der Waals surface area contributed by atoms with Crippen molar-refractivity contribution in [2.75, 3.05) is 16.8 Å². The molecule has 0 radical (unpaired) electrons. The van der Waals surface area contributed by atoms with E-state index in [0.29, 0.717) is 34.2 Å². The van der Waals surface area contributed by atoms with Gasteiger partial charge < -0.3 is 14.8 Å². The number of carbonyl (C=O) groups excluding carboxylic acids is 3. The lowest BCUT2D eigenvalue weighted by Gasteiger charge is -2.13. The third-order valence-corrected chi connectivity index (χ3v) is 5.34. The zero-order valence-corrected chi connectivity index (χ0v) is 18.5. The Morgan fingerprint density at radius 3 is 2.11 bits per heavy atom. The Morgan fingerprint density at radius 1 is 0.686 bits per heavy atom. The van der Waals surface area contributed by atoms with Crippen LogP contribution in [-0.2, 0) is 4.79 Å². The fourth-order valence-corrected chi connectivity index (χ4v) is 3.73. The van der Waals surface area contributed by atoms with Gasteiger partial charge in [-0.1, -0.05) is 42.5 Å². The first-order chi connectivity index (χ1) is 17.1. The fourth-order valence-electron chi connectivity index (χ4n) is 3.73. The summed E-state index contributed by atoms with van der Waals surface area (Å²) in [5.74, 6) is 0.384. The average Bonchev–Trinajstić information content (AvgIpc) is 3.13. The van der Waals surface area contributed by atoms with Crippen molar-refractivity contribution in [3.63, 3.8) is 0 Å². The van der Waals surface area contributed by atoms with E-state index in [1.807, 2.05) is 24.3 Å². The Bertz CT molecular complexity index is 1400. The van der Waals surface area contributed by atoms with Crippen LogP contribution < -0.4 is 19.7 Å². The molecule has 0 fully saturated rings. The summed E-state index contributed by atoms with van der Waals surface area (Å²) < 4.78 is 11.4. The Kier molecular flexibility index (Phi) is 5.96. The number of amides is 3. The molecule has 1 aliphatic heterocycles. The van der Waals surface area contributed by atoms with Gasteiger partial charge >= 0.3 is 0 Å². The van der Waals surface area contributed by atoms with E-state index in [9.17, 15) is 14.4 Å². The minimum absolute atomic E-state index is 0.131. The van der Waals surface area contributed by atoms with Gasteiger partial charge in [0.2, 0.25) is 0 Å². The molecule has 5 rings (SSSR count). The average molecular weight is 464 g/mol. The molecule has 1 N–H and O–H groups in total. The van der Waals surface area contributed by atoms with Gasteiger partial charge in [-0.25, -0.2) is 4.90 Å². The van der Waals surface area contributed by atoms with Gasteiger partial charge in [-0.05, 0) is 54.6 Å². The standard InChI is InChI=1S/C28H20N2O5/c31-26(18-34-21-11-5-2-6-12-21)29-19-8-7-13-22(16-19)35-23-14-15-24-25(17-23)28(33)30(27(24)32)20-9-3-1-4-10-20/h1-17H,18H2,(H,29,31). The van der Waals surface area contributed by atoms with E-state index >= 15 is 0 Å². The van der Waals surface area contributed by atoms with Gasteiger partial charge in [0.25, 0.3) is 17.7 Å². The third kappa shape index (κ3) is 4.74. The lowest BCUT2D eigenvalue weighted by molar-refractivity contribution is -0.118. The fraction of sp³-hybridized carbons (Fsp3) is 0.0357. The molecule has 0 saturated carbocycles. The topological polar surface area (TPSA) is 84.9 Å². The molecule has 35 heavy (non-hydrogen) atoms. The molecule has 172 valence electrons. The molecule has 0 aromatic heterocycles. The van der Waals surface area contributed by atoms with Crippen LogP contribution in [0.3, 0.4) is 0 Å². The summed E-state index contributed by atoms with van der Waals surface area (Å²) in [7, 11) is 0. The molecular weight excluding hydrogens is 444 g/mol. The maximum absolute atomic E-state index is 12.9. The van der Waals surface area contributed by atoms with Crippen molar-refractivity contribution >= 4 is 29.1 Å². The second-order valence-corrected chi connectivity index (χ2v) is 7.77. The number of carbonyl (C=O) groups is 3. The minimum atomic E-state index is -0.402. The molecule has 4 aromatic rings. The van der Waals surface area contributed by atoms with E-state index in [1.54, 1.807) is 78.9 Å². The minimum Gasteiger partial charge on any atom is -0.484 e. The zero-order valence-electron chi connectivity index (χ0n) is 18.5. The van der Waals surface area contributed by atoms with E-state index in [0.717, 1.165) is 4.90 Å². The summed E-state index contributed by atoms with van der Waals surface area (Å²) >= 11 is 0. The Morgan fingerprint density at radius 2 is 1.34 bits per heavy atom. The smallest absolute Gasteiger partial charge is 0.266 e. The molecule has 0 spiro atoms. The molecule has 0 atom stereocenters. The van der Waals surface area contributed by atoms with Gasteiger partial charge in [0.1, 0.15) is 17.2 Å². The van der Waals surface area contributed by atoms with Gasteiger partial charge in [-0.15, -0.1) is 0 Å². The highest BCUT2D eigenvalue weighted by Gasteiger charge is 2.36. The van der Waals surface area contributed by atoms with Crippen molar-refractivity contribution < 1.29 is 23.9 Å². The van der Waals surface area contributed by atoms with E-state index in [1.165, 1.54) is 0 Å². The largest absolute Gasteiger partial charge is 0.484 e. The quantitative estimate of drug-likeness (QED) is 0.375. The normalized spacial score (nSPS) is 12.3. The van der Waals surface area contributed by atoms with Gasteiger partial charge in [0.05, 0.1) is 16.8 Å². The molecular formula is C28H20N2O5. The summed E-state index contributed by atoms with van der Waals surface area (Å²) in [5.41, 5.74) is 1.65. The third-order valence-electron chi connectivity index (χ3n) is 5.34. The molecule has 0 aliphatic carbocycles. The van der Waals surface area contributed by atoms with Crippen molar-refractivity contribution in [1.82, 2.24) is 0 Å². The van der Waals surface area contributed by atoms with Crippen LogP contribution in [0.1, 0.15) is 20.7 Å². The molecule has 1 heterocycles. The number of nitrogens with zero attached hydrogens (tertiary/aromatic N) is 1. The zero-order chi connectivity index (χ0) is 24.2. The first-order valence-electron chi connectivity index (χ1n) is 10.9. The van der Waals surface area contributed by atoms with Crippen LogP contribution in [0.5, 0.6) is 17.2 Å². The van der Waals surface area contributed by atoms with E-state index in [-0.39, 0.29) is 24.0 Å². The van der Waals surface area contributed by atoms with Crippen LogP contribution in [-0.4, -0.2) is 24.3 Å². The lowest BCUT2D eigenvalue weighted by atomic mass is 10.1. The molecule has 0 saturated heterocycles. The van der Waals surface area contributed by atoms with Crippen molar-refractivity contribution in [1.29, 1.82) is 0 Å². The van der Waals surface area contributed by atoms with Crippen LogP contribution in [0.15, 0.2) is 103 Å². The number of para-hydroxylation sites is 2. The second kappa shape index (κ2) is 9.52. The van der Waals surface area contributed by atoms with Gasteiger partial charge in [0, 0.05) is 11.8 Å². The predicted octanol–water partition coefficient (Wildman–Crippen LogP) is 5.30. The number of imide groups is 1. The number of nitrogens with one attached hydrogen (secondary N) is 1. The van der Waals surface area contributed by atoms with Crippen LogP contribution >= 0.6 is 0 Å². The predicted molar refractivity (Wildman–Crippen MR) is 131 cm³/mol. The second-order valence-electron chi connectivity index (χ2n) is 7.77. The van der Waals surface area contributed by atoms with Gasteiger partial charge in [0.15, 0.2) is 6.61 Å². The number of hydrogen-bond donors (Lipinski definition) is 1. The summed E-state index contributed by atoms with van der Waals surface area (Å²) in [5, 5.41) is 2.77. The van der Waals surface area contributed by atoms with Crippen molar-refractivity contribution in [2.45, 2.75) is 0 Å². The maximum Gasteiger partial charge on any atom is 0.266 e. The summed E-state index contributed by atoms with van der Waals surface area (Å²) in [4.78, 5) is 39.1. The number of rotatable bonds is 7. The summed E-state index contributed by atoms with van der Waals surface area (Å²) in [6.07, 6.45) is 0. The monoisotopic (exact) mass is 464 g/mol. The summed E-state index contributed by atoms with van der Waals surface area (Å²) in [6.45, 7) is -0.131. The maximum atomic E-state index is 12.9. The van der Waals surface area contributed by atoms with Gasteiger partial charge in [-0.3, -0.25) is 14.4 Å². The highest BCUT2D eigenvalue weighted by Crippen LogP contribution is 2.32. The summed E-state index contributed by atoms with van der Waals surface area (Å²) in [6, 6.07) is 29.5. The molecule has 4 aromatic carbocycles. The Balaban J connectivity index is 1.27. The van der Waals surface area contributed by atoms with Crippen LogP contribution in [0.2, 0.25) is 0 Å². The Labute approximate surface area is 201 Å². The first kappa shape index (κ1) is 21.9.